The van der Waals surface area contributed by atoms with E-state index in [2.05, 4.69) is 36.9 Å². The largest absolute Gasteiger partial charge is 0.439 e. The lowest BCUT2D eigenvalue weighted by Crippen LogP contribution is -2.46. The highest BCUT2D eigenvalue weighted by atomic mass is 32.1. The molecular formula is C30H31N7O3S. The summed E-state index contributed by atoms with van der Waals surface area (Å²) >= 11 is 1.29. The molecule has 0 unspecified atom stereocenters. The van der Waals surface area contributed by atoms with Crippen LogP contribution >= 0.6 is 11.3 Å². The van der Waals surface area contributed by atoms with Crippen LogP contribution < -0.4 is 20.7 Å². The number of hydrogen-bond donors (Lipinski definition) is 3. The molecule has 0 spiro atoms. The molecule has 1 fully saturated rings. The Morgan fingerprint density at radius 1 is 1.10 bits per heavy atom. The van der Waals surface area contributed by atoms with Crippen LogP contribution in [0.25, 0.3) is 10.3 Å². The highest BCUT2D eigenvalue weighted by Crippen LogP contribution is 2.31. The first-order valence-electron chi connectivity index (χ1n) is 13.3. The molecule has 0 saturated carbocycles. The summed E-state index contributed by atoms with van der Waals surface area (Å²) < 4.78 is 6.09. The molecule has 210 valence electrons. The maximum absolute atomic E-state index is 13.0. The lowest BCUT2D eigenvalue weighted by Gasteiger charge is -2.26. The van der Waals surface area contributed by atoms with Gasteiger partial charge in [0.1, 0.15) is 16.1 Å². The second kappa shape index (κ2) is 12.0. The monoisotopic (exact) mass is 569 g/mol. The predicted molar refractivity (Wildman–Crippen MR) is 160 cm³/mol. The van der Waals surface area contributed by atoms with Crippen molar-refractivity contribution in [3.63, 3.8) is 0 Å². The molecular weight excluding hydrogens is 538 g/mol. The predicted octanol–water partition coefficient (Wildman–Crippen LogP) is 4.69. The van der Waals surface area contributed by atoms with E-state index in [1.807, 2.05) is 32.9 Å². The molecule has 4 aromatic rings. The van der Waals surface area contributed by atoms with E-state index in [0.717, 1.165) is 37.3 Å². The number of aromatic nitrogens is 2. The number of thiazole rings is 1. The van der Waals surface area contributed by atoms with Gasteiger partial charge in [0.25, 0.3) is 5.91 Å². The van der Waals surface area contributed by atoms with E-state index in [0.29, 0.717) is 44.9 Å². The molecule has 3 N–H and O–H groups in total. The van der Waals surface area contributed by atoms with Crippen molar-refractivity contribution in [1.82, 2.24) is 20.2 Å². The molecule has 1 aliphatic heterocycles. The summed E-state index contributed by atoms with van der Waals surface area (Å²) in [6.07, 6.45) is 0. The lowest BCUT2D eigenvalue weighted by atomic mass is 9.85. The Kier molecular flexibility index (Phi) is 8.26. The summed E-state index contributed by atoms with van der Waals surface area (Å²) in [5.41, 5.74) is 2.63. The fourth-order valence-corrected chi connectivity index (χ4v) is 5.20. The molecule has 0 atom stereocenters. The van der Waals surface area contributed by atoms with Crippen molar-refractivity contribution in [2.75, 3.05) is 43.4 Å². The number of hydrogen-bond acceptors (Lipinski definition) is 9. The number of ether oxygens (including phenoxy) is 1. The summed E-state index contributed by atoms with van der Waals surface area (Å²) in [4.78, 5) is 37.3. The first kappa shape index (κ1) is 28.2. The van der Waals surface area contributed by atoms with Crippen LogP contribution in [0.1, 0.15) is 35.3 Å². The molecule has 3 heterocycles. The number of carbonyl (C=O) groups excluding carboxylic acids is 2. The summed E-state index contributed by atoms with van der Waals surface area (Å²) in [5, 5.41) is 19.0. The van der Waals surface area contributed by atoms with Crippen molar-refractivity contribution in [1.29, 1.82) is 5.26 Å². The molecule has 11 heteroatoms. The maximum Gasteiger partial charge on any atom is 0.255 e. The molecule has 41 heavy (non-hydrogen) atoms. The van der Waals surface area contributed by atoms with Crippen LogP contribution in [0.15, 0.2) is 54.6 Å². The quantitative estimate of drug-likeness (QED) is 0.279. The number of aryl methyl sites for hydroxylation is 1. The van der Waals surface area contributed by atoms with Gasteiger partial charge in [-0.05, 0) is 56.2 Å². The van der Waals surface area contributed by atoms with Gasteiger partial charge < -0.3 is 20.7 Å². The van der Waals surface area contributed by atoms with Crippen LogP contribution in [0.3, 0.4) is 0 Å². The minimum atomic E-state index is -0.704. The Morgan fingerprint density at radius 2 is 1.90 bits per heavy atom. The molecule has 2 amide bonds. The minimum absolute atomic E-state index is 0.0996. The van der Waals surface area contributed by atoms with Crippen LogP contribution in [0.5, 0.6) is 11.6 Å². The number of benzene rings is 2. The number of rotatable bonds is 8. The molecule has 10 nitrogen and oxygen atoms in total. The molecule has 0 bridgehead atoms. The SMILES string of the molecule is Cc1ccc(NC(=O)c2cccc(C(C)(C)C#N)c2)cc1Oc1ccc2nc(NC(=O)CN3CCNCC3)sc2n1. The Labute approximate surface area is 242 Å². The molecule has 1 aliphatic rings. The number of carbonyl (C=O) groups is 2. The molecule has 2 aromatic carbocycles. The van der Waals surface area contributed by atoms with Gasteiger partial charge in [0.05, 0.1) is 18.0 Å². The highest BCUT2D eigenvalue weighted by molar-refractivity contribution is 7.21. The van der Waals surface area contributed by atoms with Crippen molar-refractivity contribution >= 4 is 44.3 Å². The number of nitrogens with zero attached hydrogens (tertiary/aromatic N) is 4. The third-order valence-electron chi connectivity index (χ3n) is 6.84. The van der Waals surface area contributed by atoms with E-state index < -0.39 is 5.41 Å². The zero-order valence-electron chi connectivity index (χ0n) is 23.2. The van der Waals surface area contributed by atoms with E-state index in [9.17, 15) is 14.9 Å². The molecule has 0 radical (unpaired) electrons. The Hall–Kier alpha value is -4.37. The van der Waals surface area contributed by atoms with Crippen LogP contribution in [0, 0.1) is 18.3 Å². The first-order chi connectivity index (χ1) is 19.7. The second-order valence-electron chi connectivity index (χ2n) is 10.4. The third-order valence-corrected chi connectivity index (χ3v) is 7.72. The summed E-state index contributed by atoms with van der Waals surface area (Å²) in [5.74, 6) is 0.532. The Bertz CT molecular complexity index is 1640. The Morgan fingerprint density at radius 3 is 2.68 bits per heavy atom. The average molecular weight is 570 g/mol. The summed E-state index contributed by atoms with van der Waals surface area (Å²) in [6.45, 7) is 9.31. The van der Waals surface area contributed by atoms with E-state index in [4.69, 9.17) is 4.74 Å². The van der Waals surface area contributed by atoms with Gasteiger partial charge in [0.2, 0.25) is 11.8 Å². The minimum Gasteiger partial charge on any atom is -0.439 e. The zero-order chi connectivity index (χ0) is 29.0. The molecule has 1 saturated heterocycles. The van der Waals surface area contributed by atoms with Crippen molar-refractivity contribution in [3.8, 4) is 17.7 Å². The number of fused-ring (bicyclic) bond motifs is 1. The normalized spacial score (nSPS) is 13.9. The van der Waals surface area contributed by atoms with Gasteiger partial charge in [0.15, 0.2) is 5.13 Å². The number of amides is 2. The van der Waals surface area contributed by atoms with Gasteiger partial charge in [-0.15, -0.1) is 0 Å². The molecule has 2 aromatic heterocycles. The van der Waals surface area contributed by atoms with Crippen molar-refractivity contribution in [3.05, 3.63) is 71.3 Å². The maximum atomic E-state index is 13.0. The number of nitriles is 1. The van der Waals surface area contributed by atoms with Gasteiger partial charge in [-0.25, -0.2) is 9.97 Å². The lowest BCUT2D eigenvalue weighted by molar-refractivity contribution is -0.117. The van der Waals surface area contributed by atoms with E-state index in [1.54, 1.807) is 42.5 Å². The van der Waals surface area contributed by atoms with Crippen molar-refractivity contribution < 1.29 is 14.3 Å². The standard InChI is InChI=1S/C30H31N7O3S/c1-19-7-8-22(33-27(39)20-5-4-6-21(15-20)30(2,3)18-31)16-24(19)40-26-10-9-23-28(36-26)41-29(34-23)35-25(38)17-37-13-11-32-12-14-37/h4-10,15-16,32H,11-14,17H2,1-3H3,(H,33,39)(H,34,35,38). The van der Waals surface area contributed by atoms with Gasteiger partial charge in [-0.3, -0.25) is 14.5 Å². The Balaban J connectivity index is 1.26. The third kappa shape index (κ3) is 6.86. The number of nitrogens with one attached hydrogen (secondary N) is 3. The number of piperazine rings is 1. The second-order valence-corrected chi connectivity index (χ2v) is 11.4. The summed E-state index contributed by atoms with van der Waals surface area (Å²) in [7, 11) is 0. The van der Waals surface area contributed by atoms with Crippen LogP contribution in [0.4, 0.5) is 10.8 Å². The van der Waals surface area contributed by atoms with Crippen LogP contribution in [-0.2, 0) is 10.2 Å². The summed E-state index contributed by atoms with van der Waals surface area (Å²) in [6, 6.07) is 18.3. The topological polar surface area (TPSA) is 132 Å². The molecule has 5 rings (SSSR count). The zero-order valence-corrected chi connectivity index (χ0v) is 24.0. The van der Waals surface area contributed by atoms with Gasteiger partial charge in [-0.2, -0.15) is 5.26 Å². The smallest absolute Gasteiger partial charge is 0.255 e. The van der Waals surface area contributed by atoms with E-state index >= 15 is 0 Å². The van der Waals surface area contributed by atoms with Gasteiger partial charge in [-0.1, -0.05) is 29.5 Å². The van der Waals surface area contributed by atoms with Crippen LogP contribution in [-0.4, -0.2) is 59.4 Å². The van der Waals surface area contributed by atoms with E-state index in [-0.39, 0.29) is 11.8 Å². The fraction of sp³-hybridized carbons (Fsp3) is 0.300. The van der Waals surface area contributed by atoms with Crippen molar-refractivity contribution in [2.24, 2.45) is 0 Å². The van der Waals surface area contributed by atoms with E-state index in [1.165, 1.54) is 11.3 Å². The van der Waals surface area contributed by atoms with Gasteiger partial charge in [0, 0.05) is 49.6 Å². The number of pyridine rings is 1. The van der Waals surface area contributed by atoms with Gasteiger partial charge >= 0.3 is 0 Å². The van der Waals surface area contributed by atoms with Crippen molar-refractivity contribution in [2.45, 2.75) is 26.2 Å². The highest BCUT2D eigenvalue weighted by Gasteiger charge is 2.21. The van der Waals surface area contributed by atoms with Crippen LogP contribution in [0.2, 0.25) is 0 Å². The first-order valence-corrected chi connectivity index (χ1v) is 14.1. The molecule has 0 aliphatic carbocycles. The average Bonchev–Trinajstić information content (AvgIpc) is 3.36. The fourth-order valence-electron chi connectivity index (χ4n) is 4.36. The number of anilines is 2.